The van der Waals surface area contributed by atoms with Gasteiger partial charge in [0.1, 0.15) is 0 Å². The van der Waals surface area contributed by atoms with Crippen molar-refractivity contribution in [1.29, 1.82) is 0 Å². The molecule has 1 saturated carbocycles. The summed E-state index contributed by atoms with van der Waals surface area (Å²) in [5, 5.41) is 11.7. The summed E-state index contributed by atoms with van der Waals surface area (Å²) in [6, 6.07) is 0. The van der Waals surface area contributed by atoms with Crippen molar-refractivity contribution in [1.82, 2.24) is 5.32 Å². The molecule has 4 heteroatoms. The van der Waals surface area contributed by atoms with Crippen molar-refractivity contribution in [3.8, 4) is 0 Å². The van der Waals surface area contributed by atoms with Crippen LogP contribution in [-0.2, 0) is 9.59 Å². The minimum absolute atomic E-state index is 0.0206. The fraction of sp³-hybridized carbons (Fsp3) is 0.867. The monoisotopic (exact) mass is 269 g/mol. The van der Waals surface area contributed by atoms with Gasteiger partial charge in [0.15, 0.2) is 0 Å². The van der Waals surface area contributed by atoms with E-state index in [0.29, 0.717) is 12.3 Å². The van der Waals surface area contributed by atoms with Crippen LogP contribution in [0.3, 0.4) is 0 Å². The molecule has 1 fully saturated rings. The van der Waals surface area contributed by atoms with Gasteiger partial charge in [-0.05, 0) is 32.6 Å². The van der Waals surface area contributed by atoms with Crippen LogP contribution in [0.1, 0.15) is 65.7 Å². The molecule has 19 heavy (non-hydrogen) atoms. The van der Waals surface area contributed by atoms with Gasteiger partial charge in [-0.3, -0.25) is 9.59 Å². The lowest BCUT2D eigenvalue weighted by Gasteiger charge is -2.28. The number of rotatable bonds is 7. The predicted octanol–water partition coefficient (Wildman–Crippen LogP) is 2.96. The molecule has 1 aliphatic rings. The average Bonchev–Trinajstić information content (AvgIpc) is 2.78. The van der Waals surface area contributed by atoms with Crippen molar-refractivity contribution in [3.63, 3.8) is 0 Å². The van der Waals surface area contributed by atoms with Crippen LogP contribution in [0.5, 0.6) is 0 Å². The van der Waals surface area contributed by atoms with E-state index in [4.69, 9.17) is 5.11 Å². The highest BCUT2D eigenvalue weighted by atomic mass is 16.4. The van der Waals surface area contributed by atoms with Crippen molar-refractivity contribution in [2.24, 2.45) is 11.8 Å². The molecule has 1 amide bonds. The molecule has 1 aliphatic carbocycles. The number of carboxylic acids is 1. The molecule has 1 atom stereocenters. The first-order chi connectivity index (χ1) is 8.80. The zero-order chi connectivity index (χ0) is 14.5. The van der Waals surface area contributed by atoms with Gasteiger partial charge in [-0.15, -0.1) is 0 Å². The summed E-state index contributed by atoms with van der Waals surface area (Å²) >= 11 is 0. The molecule has 0 heterocycles. The van der Waals surface area contributed by atoms with Crippen LogP contribution in [-0.4, -0.2) is 22.5 Å². The molecular weight excluding hydrogens is 242 g/mol. The Morgan fingerprint density at radius 1 is 1.32 bits per heavy atom. The van der Waals surface area contributed by atoms with Crippen molar-refractivity contribution >= 4 is 11.9 Å². The lowest BCUT2D eigenvalue weighted by atomic mass is 9.92. The van der Waals surface area contributed by atoms with E-state index in [1.54, 1.807) is 0 Å². The van der Waals surface area contributed by atoms with Gasteiger partial charge in [0.25, 0.3) is 0 Å². The zero-order valence-electron chi connectivity index (χ0n) is 12.4. The van der Waals surface area contributed by atoms with Gasteiger partial charge >= 0.3 is 5.97 Å². The fourth-order valence-electron chi connectivity index (χ4n) is 2.79. The van der Waals surface area contributed by atoms with E-state index in [2.05, 4.69) is 5.32 Å². The molecule has 1 unspecified atom stereocenters. The van der Waals surface area contributed by atoms with Crippen molar-refractivity contribution in [2.75, 3.05) is 0 Å². The number of aliphatic carboxylic acids is 1. The van der Waals surface area contributed by atoms with E-state index in [1.807, 2.05) is 20.8 Å². The molecule has 110 valence electrons. The van der Waals surface area contributed by atoms with E-state index in [9.17, 15) is 9.59 Å². The second kappa shape index (κ2) is 6.92. The van der Waals surface area contributed by atoms with Crippen LogP contribution in [0.15, 0.2) is 0 Å². The molecular formula is C15H27NO3. The summed E-state index contributed by atoms with van der Waals surface area (Å²) in [4.78, 5) is 22.7. The first-order valence-corrected chi connectivity index (χ1v) is 7.34. The number of hydrogen-bond acceptors (Lipinski definition) is 2. The summed E-state index contributed by atoms with van der Waals surface area (Å²) in [6.45, 7) is 5.74. The summed E-state index contributed by atoms with van der Waals surface area (Å²) in [6.07, 6.45) is 6.60. The fourth-order valence-corrected chi connectivity index (χ4v) is 2.79. The van der Waals surface area contributed by atoms with Crippen molar-refractivity contribution in [3.05, 3.63) is 0 Å². The van der Waals surface area contributed by atoms with Gasteiger partial charge in [0.05, 0.1) is 0 Å². The van der Waals surface area contributed by atoms with Gasteiger partial charge in [0.2, 0.25) is 5.91 Å². The number of carbonyl (C=O) groups excluding carboxylic acids is 1. The standard InChI is InChI=1S/C15H27NO3/c1-11(10-12-6-4-5-7-12)14(19)16-15(2,3)9-8-13(17)18/h11-12H,4-10H2,1-3H3,(H,16,19)(H,17,18). The zero-order valence-corrected chi connectivity index (χ0v) is 12.4. The molecule has 2 N–H and O–H groups in total. The normalized spacial score (nSPS) is 18.3. The maximum atomic E-state index is 12.1. The summed E-state index contributed by atoms with van der Waals surface area (Å²) in [5.41, 5.74) is -0.445. The van der Waals surface area contributed by atoms with E-state index >= 15 is 0 Å². The quantitative estimate of drug-likeness (QED) is 0.746. The van der Waals surface area contributed by atoms with Crippen LogP contribution in [0.4, 0.5) is 0 Å². The van der Waals surface area contributed by atoms with E-state index in [0.717, 1.165) is 6.42 Å². The van der Waals surface area contributed by atoms with Crippen LogP contribution in [0, 0.1) is 11.8 Å². The highest BCUT2D eigenvalue weighted by Crippen LogP contribution is 2.30. The molecule has 0 bridgehead atoms. The van der Waals surface area contributed by atoms with Gasteiger partial charge < -0.3 is 10.4 Å². The van der Waals surface area contributed by atoms with Crippen LogP contribution >= 0.6 is 0 Å². The largest absolute Gasteiger partial charge is 0.481 e. The Balaban J connectivity index is 2.36. The second-order valence-corrected chi connectivity index (χ2v) is 6.55. The maximum Gasteiger partial charge on any atom is 0.303 e. The number of hydrogen-bond donors (Lipinski definition) is 2. The van der Waals surface area contributed by atoms with Gasteiger partial charge in [-0.2, -0.15) is 0 Å². The Bertz CT molecular complexity index is 319. The molecule has 0 aromatic heterocycles. The molecule has 0 aliphatic heterocycles. The topological polar surface area (TPSA) is 66.4 Å². The van der Waals surface area contributed by atoms with Crippen LogP contribution in [0.2, 0.25) is 0 Å². The minimum Gasteiger partial charge on any atom is -0.481 e. The molecule has 1 rings (SSSR count). The Kier molecular flexibility index (Phi) is 5.83. The number of carbonyl (C=O) groups is 2. The molecule has 0 spiro atoms. The Hall–Kier alpha value is -1.06. The highest BCUT2D eigenvalue weighted by Gasteiger charge is 2.26. The Morgan fingerprint density at radius 2 is 1.89 bits per heavy atom. The average molecular weight is 269 g/mol. The second-order valence-electron chi connectivity index (χ2n) is 6.55. The SMILES string of the molecule is CC(CC1CCCC1)C(=O)NC(C)(C)CCC(=O)O. The van der Waals surface area contributed by atoms with E-state index in [1.165, 1.54) is 25.7 Å². The lowest BCUT2D eigenvalue weighted by Crippen LogP contribution is -2.46. The van der Waals surface area contributed by atoms with Crippen molar-refractivity contribution < 1.29 is 14.7 Å². The molecule has 0 radical (unpaired) electrons. The smallest absolute Gasteiger partial charge is 0.303 e. The number of carboxylic acid groups (broad SMARTS) is 1. The third kappa shape index (κ3) is 6.08. The summed E-state index contributed by atoms with van der Waals surface area (Å²) in [7, 11) is 0. The maximum absolute atomic E-state index is 12.1. The van der Waals surface area contributed by atoms with Gasteiger partial charge in [-0.25, -0.2) is 0 Å². The van der Waals surface area contributed by atoms with Crippen LogP contribution < -0.4 is 5.32 Å². The Labute approximate surface area is 116 Å². The molecule has 0 saturated heterocycles. The van der Waals surface area contributed by atoms with Crippen molar-refractivity contribution in [2.45, 2.75) is 71.3 Å². The number of nitrogens with one attached hydrogen (secondary N) is 1. The van der Waals surface area contributed by atoms with Crippen LogP contribution in [0.25, 0.3) is 0 Å². The first-order valence-electron chi connectivity index (χ1n) is 7.34. The third-order valence-corrected chi connectivity index (χ3v) is 4.03. The summed E-state index contributed by atoms with van der Waals surface area (Å²) < 4.78 is 0. The lowest BCUT2D eigenvalue weighted by molar-refractivity contribution is -0.138. The summed E-state index contributed by atoms with van der Waals surface area (Å²) in [5.74, 6) is -0.0429. The highest BCUT2D eigenvalue weighted by molar-refractivity contribution is 5.79. The molecule has 0 aromatic rings. The van der Waals surface area contributed by atoms with E-state index in [-0.39, 0.29) is 18.2 Å². The predicted molar refractivity (Wildman–Crippen MR) is 74.8 cm³/mol. The van der Waals surface area contributed by atoms with E-state index < -0.39 is 11.5 Å². The molecule has 4 nitrogen and oxygen atoms in total. The minimum atomic E-state index is -0.818. The third-order valence-electron chi connectivity index (χ3n) is 4.03. The Morgan fingerprint density at radius 3 is 2.42 bits per heavy atom. The first kappa shape index (κ1) is 16.0. The van der Waals surface area contributed by atoms with Gasteiger partial charge in [0, 0.05) is 17.9 Å². The molecule has 0 aromatic carbocycles. The van der Waals surface area contributed by atoms with Gasteiger partial charge in [-0.1, -0.05) is 32.6 Å². The number of amides is 1.